The average Bonchev–Trinajstić information content (AvgIpc) is 2.62. The van der Waals surface area contributed by atoms with Crippen molar-refractivity contribution in [3.8, 4) is 5.75 Å². The monoisotopic (exact) mass is 404 g/mol. The summed E-state index contributed by atoms with van der Waals surface area (Å²) in [4.78, 5) is 23.6. The first-order valence-electron chi connectivity index (χ1n) is 7.40. The third kappa shape index (κ3) is 4.70. The molecule has 0 radical (unpaired) electrons. The Morgan fingerprint density at radius 2 is 1.72 bits per heavy atom. The van der Waals surface area contributed by atoms with E-state index in [0.29, 0.717) is 22.4 Å². The van der Waals surface area contributed by atoms with E-state index < -0.39 is 18.4 Å². The number of methoxy groups -OCH3 is 2. The third-order valence-electron chi connectivity index (χ3n) is 3.55. The second-order valence-corrected chi connectivity index (χ2v) is 6.07. The Kier molecular flexibility index (Phi) is 6.36. The Morgan fingerprint density at radius 3 is 2.28 bits per heavy atom. The number of hydrogen-bond donors (Lipinski definition) is 1. The molecule has 0 aromatic heterocycles. The summed E-state index contributed by atoms with van der Waals surface area (Å²) in [7, 11) is 2.77. The van der Waals surface area contributed by atoms with Crippen molar-refractivity contribution in [2.45, 2.75) is 6.42 Å². The number of hydrogen-bond acceptors (Lipinski definition) is 4. The number of halogens is 1. The largest absolute Gasteiger partial charge is 0.497 e. The minimum atomic E-state index is -1.11. The SMILES string of the molecule is COC(=O)C(CC(=O)O)=C(c1ccc(Br)cc1)c1cccc(OC)c1. The fraction of sp³-hybridized carbons (Fsp3) is 0.158. The molecule has 2 aromatic carbocycles. The molecule has 2 aromatic rings. The number of aliphatic carboxylic acids is 1. The van der Waals surface area contributed by atoms with Crippen LogP contribution in [0.3, 0.4) is 0 Å². The number of esters is 1. The summed E-state index contributed by atoms with van der Waals surface area (Å²) in [6.45, 7) is 0. The van der Waals surface area contributed by atoms with Crippen molar-refractivity contribution in [3.63, 3.8) is 0 Å². The summed E-state index contributed by atoms with van der Waals surface area (Å²) in [5, 5.41) is 9.24. The first-order chi connectivity index (χ1) is 12.0. The van der Waals surface area contributed by atoms with Crippen molar-refractivity contribution in [2.24, 2.45) is 0 Å². The van der Waals surface area contributed by atoms with Gasteiger partial charge < -0.3 is 14.6 Å². The van der Waals surface area contributed by atoms with E-state index >= 15 is 0 Å². The van der Waals surface area contributed by atoms with E-state index in [-0.39, 0.29) is 5.57 Å². The van der Waals surface area contributed by atoms with Gasteiger partial charge in [0.1, 0.15) is 5.75 Å². The number of carboxylic acid groups (broad SMARTS) is 1. The van der Waals surface area contributed by atoms with Crippen molar-refractivity contribution in [1.82, 2.24) is 0 Å². The molecule has 130 valence electrons. The summed E-state index contributed by atoms with van der Waals surface area (Å²) in [5.41, 5.74) is 1.95. The van der Waals surface area contributed by atoms with Gasteiger partial charge >= 0.3 is 11.9 Å². The van der Waals surface area contributed by atoms with Gasteiger partial charge in [-0.2, -0.15) is 0 Å². The molecule has 0 fully saturated rings. The van der Waals surface area contributed by atoms with Gasteiger partial charge in [-0.1, -0.05) is 40.2 Å². The Balaban J connectivity index is 2.76. The van der Waals surface area contributed by atoms with E-state index in [1.807, 2.05) is 24.3 Å². The molecule has 0 spiro atoms. The highest BCUT2D eigenvalue weighted by molar-refractivity contribution is 9.10. The number of carboxylic acids is 1. The number of benzene rings is 2. The molecule has 0 amide bonds. The second-order valence-electron chi connectivity index (χ2n) is 5.15. The number of rotatable bonds is 6. The molecule has 6 heteroatoms. The third-order valence-corrected chi connectivity index (χ3v) is 4.08. The average molecular weight is 405 g/mol. The molecule has 1 N–H and O–H groups in total. The molecule has 25 heavy (non-hydrogen) atoms. The summed E-state index contributed by atoms with van der Waals surface area (Å²) in [5.74, 6) is -1.19. The molecular formula is C19H17BrO5. The predicted molar refractivity (Wildman–Crippen MR) is 97.4 cm³/mol. The molecule has 2 rings (SSSR count). The molecule has 0 atom stereocenters. The fourth-order valence-corrected chi connectivity index (χ4v) is 2.71. The maximum Gasteiger partial charge on any atom is 0.334 e. The Bertz CT molecular complexity index is 809. The molecule has 0 heterocycles. The van der Waals surface area contributed by atoms with Crippen LogP contribution in [0.4, 0.5) is 0 Å². The minimum absolute atomic E-state index is 0.0746. The molecule has 0 saturated heterocycles. The number of ether oxygens (including phenoxy) is 2. The van der Waals surface area contributed by atoms with E-state index in [9.17, 15) is 14.7 Å². The maximum atomic E-state index is 12.3. The topological polar surface area (TPSA) is 72.8 Å². The van der Waals surface area contributed by atoms with Crippen LogP contribution in [0.2, 0.25) is 0 Å². The fourth-order valence-electron chi connectivity index (χ4n) is 2.45. The summed E-state index contributed by atoms with van der Waals surface area (Å²) < 4.78 is 10.9. The van der Waals surface area contributed by atoms with Gasteiger partial charge in [-0.05, 0) is 35.4 Å². The standard InChI is InChI=1S/C19H17BrO5/c1-24-15-5-3-4-13(10-15)18(12-6-8-14(20)9-7-12)16(11-17(21)22)19(23)25-2/h3-10H,11H2,1-2H3,(H,21,22). The van der Waals surface area contributed by atoms with Crippen LogP contribution >= 0.6 is 15.9 Å². The number of carbonyl (C=O) groups excluding carboxylic acids is 1. The molecule has 0 bridgehead atoms. The zero-order valence-electron chi connectivity index (χ0n) is 13.8. The van der Waals surface area contributed by atoms with Crippen LogP contribution in [0, 0.1) is 0 Å². The van der Waals surface area contributed by atoms with Crippen LogP contribution < -0.4 is 4.74 Å². The van der Waals surface area contributed by atoms with Gasteiger partial charge in [-0.25, -0.2) is 4.79 Å². The highest BCUT2D eigenvalue weighted by atomic mass is 79.9. The molecule has 0 aliphatic carbocycles. The molecule has 0 aliphatic heterocycles. The molecular weight excluding hydrogens is 388 g/mol. The van der Waals surface area contributed by atoms with Crippen LogP contribution in [0.1, 0.15) is 17.5 Å². The van der Waals surface area contributed by atoms with Gasteiger partial charge in [0.25, 0.3) is 0 Å². The molecule has 0 unspecified atom stereocenters. The van der Waals surface area contributed by atoms with Crippen LogP contribution in [0.5, 0.6) is 5.75 Å². The van der Waals surface area contributed by atoms with Gasteiger partial charge in [0.15, 0.2) is 0 Å². The second kappa shape index (κ2) is 8.48. The van der Waals surface area contributed by atoms with Crippen LogP contribution in [-0.2, 0) is 14.3 Å². The van der Waals surface area contributed by atoms with Gasteiger partial charge in [-0.15, -0.1) is 0 Å². The molecule has 0 aliphatic rings. The van der Waals surface area contributed by atoms with Gasteiger partial charge in [-0.3, -0.25) is 4.79 Å². The normalized spacial score (nSPS) is 11.5. The van der Waals surface area contributed by atoms with Crippen molar-refractivity contribution in [1.29, 1.82) is 0 Å². The zero-order chi connectivity index (χ0) is 18.4. The quantitative estimate of drug-likeness (QED) is 0.583. The van der Waals surface area contributed by atoms with Gasteiger partial charge in [0, 0.05) is 10.0 Å². The first-order valence-corrected chi connectivity index (χ1v) is 8.19. The lowest BCUT2D eigenvalue weighted by atomic mass is 9.91. The van der Waals surface area contributed by atoms with Crippen LogP contribution in [0.15, 0.2) is 58.6 Å². The first kappa shape index (κ1) is 18.7. The summed E-state index contributed by atoms with van der Waals surface area (Å²) in [6, 6.07) is 14.4. The van der Waals surface area contributed by atoms with Gasteiger partial charge in [0.2, 0.25) is 0 Å². The number of carbonyl (C=O) groups is 2. The smallest absolute Gasteiger partial charge is 0.334 e. The highest BCUT2D eigenvalue weighted by Crippen LogP contribution is 2.32. The maximum absolute atomic E-state index is 12.3. The Morgan fingerprint density at radius 1 is 1.04 bits per heavy atom. The van der Waals surface area contributed by atoms with E-state index in [2.05, 4.69) is 15.9 Å². The summed E-state index contributed by atoms with van der Waals surface area (Å²) >= 11 is 3.37. The molecule has 5 nitrogen and oxygen atoms in total. The predicted octanol–water partition coefficient (Wildman–Crippen LogP) is 3.91. The molecule has 0 saturated carbocycles. The van der Waals surface area contributed by atoms with Crippen molar-refractivity contribution in [2.75, 3.05) is 14.2 Å². The minimum Gasteiger partial charge on any atom is -0.497 e. The highest BCUT2D eigenvalue weighted by Gasteiger charge is 2.22. The lowest BCUT2D eigenvalue weighted by molar-refractivity contribution is -0.141. The summed E-state index contributed by atoms with van der Waals surface area (Å²) in [6.07, 6.45) is -0.449. The zero-order valence-corrected chi connectivity index (χ0v) is 15.4. The van der Waals surface area contributed by atoms with E-state index in [0.717, 1.165) is 4.47 Å². The van der Waals surface area contributed by atoms with Crippen molar-refractivity contribution >= 4 is 33.4 Å². The van der Waals surface area contributed by atoms with E-state index in [4.69, 9.17) is 9.47 Å². The van der Waals surface area contributed by atoms with Crippen LogP contribution in [-0.4, -0.2) is 31.3 Å². The van der Waals surface area contributed by atoms with Crippen LogP contribution in [0.25, 0.3) is 5.57 Å². The van der Waals surface area contributed by atoms with E-state index in [1.165, 1.54) is 7.11 Å². The van der Waals surface area contributed by atoms with Gasteiger partial charge in [0.05, 0.1) is 26.2 Å². The Hall–Kier alpha value is -2.60. The van der Waals surface area contributed by atoms with E-state index in [1.54, 1.807) is 31.4 Å². The lowest BCUT2D eigenvalue weighted by Crippen LogP contribution is -2.12. The van der Waals surface area contributed by atoms with Crippen molar-refractivity contribution < 1.29 is 24.2 Å². The van der Waals surface area contributed by atoms with Crippen molar-refractivity contribution in [3.05, 3.63) is 69.7 Å². The lowest BCUT2D eigenvalue weighted by Gasteiger charge is -2.15. The Labute approximate surface area is 154 Å².